The maximum Gasteiger partial charge on any atom is 0.194 e. The van der Waals surface area contributed by atoms with E-state index in [4.69, 9.17) is 9.73 Å². The molecule has 1 aliphatic heterocycles. The Balaban J connectivity index is 1.63. The van der Waals surface area contributed by atoms with Crippen molar-refractivity contribution in [1.29, 1.82) is 0 Å². The lowest BCUT2D eigenvalue weighted by Crippen LogP contribution is -2.48. The number of rotatable bonds is 5. The second kappa shape index (κ2) is 8.30. The summed E-state index contributed by atoms with van der Waals surface area (Å²) in [4.78, 5) is 7.10. The first-order chi connectivity index (χ1) is 11.8. The van der Waals surface area contributed by atoms with Crippen LogP contribution in [0.25, 0.3) is 0 Å². The maximum absolute atomic E-state index is 5.92. The van der Waals surface area contributed by atoms with Crippen LogP contribution in [0, 0.1) is 0 Å². The number of aromatic nitrogens is 2. The molecule has 1 saturated heterocycles. The molecule has 1 fully saturated rings. The maximum atomic E-state index is 5.92. The summed E-state index contributed by atoms with van der Waals surface area (Å²) < 4.78 is 7.74. The molecule has 0 amide bonds. The van der Waals surface area contributed by atoms with Crippen molar-refractivity contribution < 1.29 is 4.74 Å². The largest absolute Gasteiger partial charge is 0.370 e. The molecule has 6 nitrogen and oxygen atoms in total. The lowest BCUT2D eigenvalue weighted by molar-refractivity contribution is -0.00803. The summed E-state index contributed by atoms with van der Waals surface area (Å²) in [6.45, 7) is 6.14. The Labute approximate surface area is 147 Å². The van der Waals surface area contributed by atoms with Gasteiger partial charge in [-0.3, -0.25) is 9.67 Å². The van der Waals surface area contributed by atoms with Gasteiger partial charge < -0.3 is 15.0 Å². The summed E-state index contributed by atoms with van der Waals surface area (Å²) in [7, 11) is 1.93. The quantitative estimate of drug-likeness (QED) is 0.664. The van der Waals surface area contributed by atoms with Gasteiger partial charge in [0.15, 0.2) is 5.96 Å². The van der Waals surface area contributed by atoms with E-state index in [0.29, 0.717) is 6.61 Å². The molecule has 1 atom stereocenters. The fourth-order valence-corrected chi connectivity index (χ4v) is 3.50. The van der Waals surface area contributed by atoms with Crippen molar-refractivity contribution in [2.75, 3.05) is 32.8 Å². The standard InChI is InChI=1S/C17H25N5OS/c1-3-18-17(19-6-4-14-5-9-24-13-14)22-7-8-23-16(12-22)15-10-20-21(2)11-15/h5,9-11,13,16H,3-4,6-8,12H2,1-2H3,(H,18,19). The van der Waals surface area contributed by atoms with E-state index in [1.54, 1.807) is 11.3 Å². The van der Waals surface area contributed by atoms with Crippen molar-refractivity contribution in [2.24, 2.45) is 12.0 Å². The van der Waals surface area contributed by atoms with E-state index in [1.807, 2.05) is 24.1 Å². The van der Waals surface area contributed by atoms with Crippen LogP contribution in [0.15, 0.2) is 34.2 Å². The average Bonchev–Trinajstić information content (AvgIpc) is 3.26. The number of ether oxygens (including phenoxy) is 1. The number of aliphatic imine (C=N–C) groups is 1. The number of morpholine rings is 1. The number of guanidine groups is 1. The Hall–Kier alpha value is -1.86. The molecule has 24 heavy (non-hydrogen) atoms. The Morgan fingerprint density at radius 2 is 2.46 bits per heavy atom. The molecule has 0 bridgehead atoms. The van der Waals surface area contributed by atoms with Gasteiger partial charge >= 0.3 is 0 Å². The highest BCUT2D eigenvalue weighted by atomic mass is 32.1. The lowest BCUT2D eigenvalue weighted by atomic mass is 10.1. The van der Waals surface area contributed by atoms with Gasteiger partial charge in [-0.05, 0) is 35.7 Å². The molecule has 0 radical (unpaired) electrons. The zero-order chi connectivity index (χ0) is 16.8. The molecule has 1 N–H and O–H groups in total. The molecule has 2 aromatic heterocycles. The minimum absolute atomic E-state index is 0.0492. The highest BCUT2D eigenvalue weighted by Gasteiger charge is 2.25. The molecule has 0 saturated carbocycles. The SMILES string of the molecule is CCNC(=NCCc1ccsc1)N1CCOC(c2cnn(C)c2)C1. The van der Waals surface area contributed by atoms with Crippen molar-refractivity contribution >= 4 is 17.3 Å². The number of nitrogens with one attached hydrogen (secondary N) is 1. The molecule has 0 aliphatic carbocycles. The summed E-state index contributed by atoms with van der Waals surface area (Å²) in [6.07, 6.45) is 4.94. The molecule has 1 unspecified atom stereocenters. The number of thiophene rings is 1. The third-order valence-electron chi connectivity index (χ3n) is 4.04. The summed E-state index contributed by atoms with van der Waals surface area (Å²) >= 11 is 1.74. The molecular weight excluding hydrogens is 322 g/mol. The van der Waals surface area contributed by atoms with Crippen LogP contribution in [0.5, 0.6) is 0 Å². The van der Waals surface area contributed by atoms with Gasteiger partial charge in [-0.1, -0.05) is 0 Å². The summed E-state index contributed by atoms with van der Waals surface area (Å²) in [5.74, 6) is 0.977. The van der Waals surface area contributed by atoms with E-state index in [0.717, 1.165) is 44.1 Å². The molecule has 0 spiro atoms. The first-order valence-corrected chi connectivity index (χ1v) is 9.35. The summed E-state index contributed by atoms with van der Waals surface area (Å²) in [6, 6.07) is 2.17. The van der Waals surface area contributed by atoms with Crippen LogP contribution < -0.4 is 5.32 Å². The van der Waals surface area contributed by atoms with Gasteiger partial charge in [0.2, 0.25) is 0 Å². The zero-order valence-corrected chi connectivity index (χ0v) is 15.1. The Morgan fingerprint density at radius 1 is 1.54 bits per heavy atom. The highest BCUT2D eigenvalue weighted by Crippen LogP contribution is 2.21. The van der Waals surface area contributed by atoms with Crippen molar-refractivity contribution in [2.45, 2.75) is 19.4 Å². The Kier molecular flexibility index (Phi) is 5.87. The minimum Gasteiger partial charge on any atom is -0.370 e. The molecule has 3 heterocycles. The van der Waals surface area contributed by atoms with E-state index < -0.39 is 0 Å². The van der Waals surface area contributed by atoms with Gasteiger partial charge in [-0.2, -0.15) is 16.4 Å². The van der Waals surface area contributed by atoms with Crippen LogP contribution in [0.2, 0.25) is 0 Å². The molecule has 130 valence electrons. The predicted molar refractivity (Wildman–Crippen MR) is 97.5 cm³/mol. The van der Waals surface area contributed by atoms with Crippen LogP contribution in [-0.4, -0.2) is 53.4 Å². The normalized spacial score (nSPS) is 18.8. The second-order valence-electron chi connectivity index (χ2n) is 5.87. The third-order valence-corrected chi connectivity index (χ3v) is 4.77. The molecule has 2 aromatic rings. The fraction of sp³-hybridized carbons (Fsp3) is 0.529. The number of hydrogen-bond donors (Lipinski definition) is 1. The summed E-state index contributed by atoms with van der Waals surface area (Å²) in [5, 5.41) is 12.0. The Bertz CT molecular complexity index is 652. The van der Waals surface area contributed by atoms with Gasteiger partial charge in [0.25, 0.3) is 0 Å². The topological polar surface area (TPSA) is 54.7 Å². The minimum atomic E-state index is 0.0492. The number of aryl methyl sites for hydroxylation is 1. The van der Waals surface area contributed by atoms with Gasteiger partial charge in [-0.15, -0.1) is 0 Å². The molecule has 1 aliphatic rings. The van der Waals surface area contributed by atoms with E-state index >= 15 is 0 Å². The van der Waals surface area contributed by atoms with E-state index in [9.17, 15) is 0 Å². The van der Waals surface area contributed by atoms with Crippen molar-refractivity contribution in [3.05, 3.63) is 40.3 Å². The molecule has 0 aromatic carbocycles. The first kappa shape index (κ1) is 17.0. The van der Waals surface area contributed by atoms with Crippen LogP contribution in [0.4, 0.5) is 0 Å². The smallest absolute Gasteiger partial charge is 0.194 e. The third kappa shape index (κ3) is 4.36. The van der Waals surface area contributed by atoms with Crippen LogP contribution in [0.1, 0.15) is 24.2 Å². The lowest BCUT2D eigenvalue weighted by Gasteiger charge is -2.34. The second-order valence-corrected chi connectivity index (χ2v) is 6.65. The molecular formula is C17H25N5OS. The zero-order valence-electron chi connectivity index (χ0n) is 14.3. The highest BCUT2D eigenvalue weighted by molar-refractivity contribution is 7.07. The van der Waals surface area contributed by atoms with E-state index in [2.05, 4.69) is 39.1 Å². The van der Waals surface area contributed by atoms with Crippen LogP contribution in [-0.2, 0) is 18.2 Å². The monoisotopic (exact) mass is 347 g/mol. The van der Waals surface area contributed by atoms with Crippen molar-refractivity contribution in [3.63, 3.8) is 0 Å². The number of nitrogens with zero attached hydrogens (tertiary/aromatic N) is 4. The van der Waals surface area contributed by atoms with Gasteiger partial charge in [0, 0.05) is 38.4 Å². The van der Waals surface area contributed by atoms with Crippen LogP contribution >= 0.6 is 11.3 Å². The summed E-state index contributed by atoms with van der Waals surface area (Å²) in [5.41, 5.74) is 2.48. The van der Waals surface area contributed by atoms with E-state index in [1.165, 1.54) is 5.56 Å². The predicted octanol–water partition coefficient (Wildman–Crippen LogP) is 2.06. The van der Waals surface area contributed by atoms with Crippen LogP contribution in [0.3, 0.4) is 0 Å². The fourth-order valence-electron chi connectivity index (χ4n) is 2.80. The average molecular weight is 347 g/mol. The molecule has 7 heteroatoms. The Morgan fingerprint density at radius 3 is 3.17 bits per heavy atom. The van der Waals surface area contributed by atoms with Gasteiger partial charge in [0.1, 0.15) is 6.10 Å². The van der Waals surface area contributed by atoms with Crippen molar-refractivity contribution in [1.82, 2.24) is 20.0 Å². The van der Waals surface area contributed by atoms with Crippen molar-refractivity contribution in [3.8, 4) is 0 Å². The first-order valence-electron chi connectivity index (χ1n) is 8.40. The van der Waals surface area contributed by atoms with E-state index in [-0.39, 0.29) is 6.10 Å². The number of hydrogen-bond acceptors (Lipinski definition) is 4. The van der Waals surface area contributed by atoms with Gasteiger partial charge in [-0.25, -0.2) is 0 Å². The molecule has 3 rings (SSSR count). The van der Waals surface area contributed by atoms with Gasteiger partial charge in [0.05, 0.1) is 19.3 Å².